The van der Waals surface area contributed by atoms with E-state index in [-0.39, 0.29) is 5.97 Å². The molecule has 0 fully saturated rings. The molecule has 5 heteroatoms. The highest BCUT2D eigenvalue weighted by Gasteiger charge is 2.02. The first kappa shape index (κ1) is 17.9. The second-order valence-electron chi connectivity index (χ2n) is 4.85. The highest BCUT2D eigenvalue weighted by Crippen LogP contribution is 2.16. The van der Waals surface area contributed by atoms with E-state index in [1.807, 2.05) is 18.2 Å². The van der Waals surface area contributed by atoms with Gasteiger partial charge < -0.3 is 10.1 Å². The predicted molar refractivity (Wildman–Crippen MR) is 86.6 cm³/mol. The molecule has 0 aromatic heterocycles. The lowest BCUT2D eigenvalue weighted by Gasteiger charge is -2.07. The fourth-order valence-electron chi connectivity index (χ4n) is 2.05. The number of carbonyl (C=O) groups excluding carboxylic acids is 2. The van der Waals surface area contributed by atoms with E-state index < -0.39 is 0 Å². The molecule has 4 nitrogen and oxygen atoms in total. The summed E-state index contributed by atoms with van der Waals surface area (Å²) in [5.41, 5.74) is 1.84. The summed E-state index contributed by atoms with van der Waals surface area (Å²) in [7, 11) is 1.41. The molecule has 1 aromatic carbocycles. The van der Waals surface area contributed by atoms with Crippen molar-refractivity contribution in [3.8, 4) is 0 Å². The van der Waals surface area contributed by atoms with Crippen LogP contribution in [0.25, 0.3) is 0 Å². The highest BCUT2D eigenvalue weighted by molar-refractivity contribution is 9.10. The van der Waals surface area contributed by atoms with Gasteiger partial charge in [-0.05, 0) is 56.5 Å². The number of halogens is 1. The van der Waals surface area contributed by atoms with Crippen LogP contribution in [-0.4, -0.2) is 32.5 Å². The normalized spacial score (nSPS) is 10.4. The first-order valence-electron chi connectivity index (χ1n) is 7.18. The first-order valence-corrected chi connectivity index (χ1v) is 7.98. The zero-order valence-electron chi connectivity index (χ0n) is 12.4. The van der Waals surface area contributed by atoms with Gasteiger partial charge in [0.25, 0.3) is 0 Å². The molecular formula is C16H22BrNO3. The number of esters is 1. The number of methoxy groups -OCH3 is 1. The van der Waals surface area contributed by atoms with E-state index in [2.05, 4.69) is 26.0 Å². The number of carbonyl (C=O) groups is 2. The van der Waals surface area contributed by atoms with E-state index in [0.29, 0.717) is 6.42 Å². The van der Waals surface area contributed by atoms with E-state index in [1.165, 1.54) is 7.11 Å². The number of unbranched alkanes of at least 4 members (excludes halogenated alkanes) is 1. The molecule has 0 aliphatic rings. The summed E-state index contributed by atoms with van der Waals surface area (Å²) in [6.45, 7) is 1.81. The summed E-state index contributed by atoms with van der Waals surface area (Å²) in [6, 6.07) is 5.80. The van der Waals surface area contributed by atoms with E-state index >= 15 is 0 Å². The van der Waals surface area contributed by atoms with Crippen molar-refractivity contribution in [2.24, 2.45) is 0 Å². The maximum absolute atomic E-state index is 11.0. The summed E-state index contributed by atoms with van der Waals surface area (Å²) in [4.78, 5) is 21.9. The van der Waals surface area contributed by atoms with Crippen LogP contribution < -0.4 is 5.32 Å². The number of aldehydes is 1. The molecule has 0 radical (unpaired) electrons. The average Bonchev–Trinajstić information content (AvgIpc) is 2.50. The molecule has 1 N–H and O–H groups in total. The maximum Gasteiger partial charge on any atom is 0.305 e. The lowest BCUT2D eigenvalue weighted by molar-refractivity contribution is -0.140. The van der Waals surface area contributed by atoms with Gasteiger partial charge in [-0.3, -0.25) is 9.59 Å². The Bertz CT molecular complexity index is 463. The lowest BCUT2D eigenvalue weighted by Crippen LogP contribution is -2.17. The van der Waals surface area contributed by atoms with Crippen molar-refractivity contribution in [3.05, 3.63) is 33.8 Å². The Hall–Kier alpha value is -1.20. The van der Waals surface area contributed by atoms with Crippen LogP contribution >= 0.6 is 15.9 Å². The number of aryl methyl sites for hydroxylation is 1. The van der Waals surface area contributed by atoms with Gasteiger partial charge in [-0.15, -0.1) is 0 Å². The van der Waals surface area contributed by atoms with Crippen molar-refractivity contribution in [2.45, 2.75) is 32.1 Å². The van der Waals surface area contributed by atoms with Crippen molar-refractivity contribution in [3.63, 3.8) is 0 Å². The topological polar surface area (TPSA) is 55.4 Å². The van der Waals surface area contributed by atoms with E-state index in [1.54, 1.807) is 0 Å². The minimum atomic E-state index is -0.147. The molecule has 0 amide bonds. The number of nitrogens with one attached hydrogen (secondary N) is 1. The Labute approximate surface area is 134 Å². The zero-order chi connectivity index (χ0) is 15.5. The molecule has 21 heavy (non-hydrogen) atoms. The molecule has 0 spiro atoms. The monoisotopic (exact) mass is 355 g/mol. The molecule has 0 heterocycles. The third-order valence-electron chi connectivity index (χ3n) is 3.25. The van der Waals surface area contributed by atoms with Crippen molar-refractivity contribution in [1.82, 2.24) is 5.32 Å². The summed E-state index contributed by atoms with van der Waals surface area (Å²) in [5.74, 6) is -0.147. The van der Waals surface area contributed by atoms with Gasteiger partial charge in [0, 0.05) is 16.5 Å². The van der Waals surface area contributed by atoms with Gasteiger partial charge in [-0.1, -0.05) is 22.0 Å². The molecule has 0 saturated heterocycles. The number of rotatable bonds is 10. The molecule has 116 valence electrons. The van der Waals surface area contributed by atoms with Crippen molar-refractivity contribution in [2.75, 3.05) is 20.2 Å². The van der Waals surface area contributed by atoms with Gasteiger partial charge in [-0.2, -0.15) is 0 Å². The van der Waals surface area contributed by atoms with Crippen LogP contribution in [0.1, 0.15) is 41.6 Å². The molecule has 0 unspecified atom stereocenters. The minimum Gasteiger partial charge on any atom is -0.469 e. The van der Waals surface area contributed by atoms with Crippen molar-refractivity contribution >= 4 is 28.2 Å². The minimum absolute atomic E-state index is 0.147. The summed E-state index contributed by atoms with van der Waals surface area (Å²) in [6.07, 6.45) is 5.07. The number of ether oxygens (including phenoxy) is 1. The highest BCUT2D eigenvalue weighted by atomic mass is 79.9. The number of benzene rings is 1. The average molecular weight is 356 g/mol. The SMILES string of the molecule is COC(=O)CCCCNCCCc1ccc(Br)cc1C=O. The Morgan fingerprint density at radius 1 is 1.29 bits per heavy atom. The summed E-state index contributed by atoms with van der Waals surface area (Å²) in [5, 5.41) is 3.35. The second kappa shape index (κ2) is 10.5. The molecule has 0 atom stereocenters. The van der Waals surface area contributed by atoms with Crippen LogP contribution in [-0.2, 0) is 16.0 Å². The van der Waals surface area contributed by atoms with Crippen LogP contribution in [0.4, 0.5) is 0 Å². The molecule has 1 rings (SSSR count). The van der Waals surface area contributed by atoms with Crippen LogP contribution in [0, 0.1) is 0 Å². The standard InChI is InChI=1S/C16H22BrNO3/c1-21-16(20)6-2-3-9-18-10-4-5-13-7-8-15(17)11-14(13)12-19/h7-8,11-12,18H,2-6,9-10H2,1H3. The van der Waals surface area contributed by atoms with E-state index in [4.69, 9.17) is 0 Å². The van der Waals surface area contributed by atoms with Crippen LogP contribution in [0.2, 0.25) is 0 Å². The molecule has 0 aliphatic heterocycles. The third kappa shape index (κ3) is 7.39. The molecule has 1 aromatic rings. The van der Waals surface area contributed by atoms with Gasteiger partial charge in [0.2, 0.25) is 0 Å². The lowest BCUT2D eigenvalue weighted by atomic mass is 10.0. The summed E-state index contributed by atoms with van der Waals surface area (Å²) < 4.78 is 5.51. The third-order valence-corrected chi connectivity index (χ3v) is 3.74. The fourth-order valence-corrected chi connectivity index (χ4v) is 2.43. The van der Waals surface area contributed by atoms with Gasteiger partial charge in [-0.25, -0.2) is 0 Å². The number of hydrogen-bond donors (Lipinski definition) is 1. The molecule has 0 saturated carbocycles. The summed E-state index contributed by atoms with van der Waals surface area (Å²) >= 11 is 3.37. The number of hydrogen-bond acceptors (Lipinski definition) is 4. The second-order valence-corrected chi connectivity index (χ2v) is 5.76. The smallest absolute Gasteiger partial charge is 0.305 e. The Kier molecular flexibility index (Phi) is 8.94. The zero-order valence-corrected chi connectivity index (χ0v) is 13.9. The van der Waals surface area contributed by atoms with Crippen LogP contribution in [0.3, 0.4) is 0 Å². The molecule has 0 bridgehead atoms. The van der Waals surface area contributed by atoms with E-state index in [0.717, 1.165) is 60.7 Å². The van der Waals surface area contributed by atoms with Gasteiger partial charge >= 0.3 is 5.97 Å². The van der Waals surface area contributed by atoms with Gasteiger partial charge in [0.1, 0.15) is 6.29 Å². The maximum atomic E-state index is 11.0. The fraction of sp³-hybridized carbons (Fsp3) is 0.500. The van der Waals surface area contributed by atoms with Crippen LogP contribution in [0.5, 0.6) is 0 Å². The van der Waals surface area contributed by atoms with Crippen molar-refractivity contribution in [1.29, 1.82) is 0 Å². The first-order chi connectivity index (χ1) is 10.2. The molecule has 0 aliphatic carbocycles. The van der Waals surface area contributed by atoms with Crippen LogP contribution in [0.15, 0.2) is 22.7 Å². The van der Waals surface area contributed by atoms with Gasteiger partial charge in [0.05, 0.1) is 7.11 Å². The quantitative estimate of drug-likeness (QED) is 0.398. The Morgan fingerprint density at radius 2 is 2.05 bits per heavy atom. The predicted octanol–water partition coefficient (Wildman–Crippen LogP) is 3.13. The van der Waals surface area contributed by atoms with E-state index in [9.17, 15) is 9.59 Å². The van der Waals surface area contributed by atoms with Crippen molar-refractivity contribution < 1.29 is 14.3 Å². The Morgan fingerprint density at radius 3 is 2.76 bits per heavy atom. The van der Waals surface area contributed by atoms with Gasteiger partial charge in [0.15, 0.2) is 0 Å². The molecular weight excluding hydrogens is 334 g/mol. The Balaban J connectivity index is 2.12. The largest absolute Gasteiger partial charge is 0.469 e.